The fraction of sp³-hybridized carbons (Fsp3) is 0.176. The van der Waals surface area contributed by atoms with Crippen molar-refractivity contribution in [2.75, 3.05) is 11.9 Å². The molecule has 0 radical (unpaired) electrons. The van der Waals surface area contributed by atoms with Crippen molar-refractivity contribution in [1.82, 2.24) is 0 Å². The molecule has 3 rings (SSSR count). The van der Waals surface area contributed by atoms with Crippen LogP contribution in [-0.4, -0.2) is 11.6 Å². The largest absolute Gasteiger partial charge is 0.273 e. The van der Waals surface area contributed by atoms with Gasteiger partial charge in [-0.1, -0.05) is 0 Å². The third kappa shape index (κ3) is 8.17. The molecule has 0 saturated carbocycles. The average molecular weight is 338 g/mol. The molecule has 1 nitrogen and oxygen atoms in total. The van der Waals surface area contributed by atoms with E-state index < -0.39 is 0 Å². The number of allylic oxidation sites excluding steroid dienone is 8. The van der Waals surface area contributed by atoms with Crippen LogP contribution in [0.25, 0.3) is 0 Å². The Balaban J connectivity index is 0.000000167. The first-order valence-electron chi connectivity index (χ1n) is 6.56. The van der Waals surface area contributed by atoms with Crippen LogP contribution in [0.4, 0.5) is 5.69 Å². The molecule has 20 heavy (non-hydrogen) atoms. The van der Waals surface area contributed by atoms with E-state index in [1.165, 1.54) is 29.7 Å². The predicted octanol–water partition coefficient (Wildman–Crippen LogP) is 3.82. The first-order chi connectivity index (χ1) is 9.84. The molecule has 0 aliphatic heterocycles. The van der Waals surface area contributed by atoms with E-state index in [-0.39, 0.29) is 0 Å². The molecule has 0 aromatic heterocycles. The van der Waals surface area contributed by atoms with Gasteiger partial charge in [-0.3, -0.25) is 12.2 Å². The molecular weight excluding hydrogens is 320 g/mol. The van der Waals surface area contributed by atoms with Gasteiger partial charge in [0.15, 0.2) is 0 Å². The van der Waals surface area contributed by atoms with Crippen LogP contribution in [0.2, 0.25) is 0 Å². The van der Waals surface area contributed by atoms with Gasteiger partial charge in [0.1, 0.15) is 0 Å². The van der Waals surface area contributed by atoms with Crippen LogP contribution in [-0.2, 0) is 24.0 Å². The van der Waals surface area contributed by atoms with E-state index in [1.54, 1.807) is 0 Å². The zero-order valence-corrected chi connectivity index (χ0v) is 14.2. The smallest absolute Gasteiger partial charge is 0.109 e. The van der Waals surface area contributed by atoms with Gasteiger partial charge >= 0.3 is 76.4 Å². The van der Waals surface area contributed by atoms with Crippen molar-refractivity contribution < 1.29 is 24.0 Å². The Morgan fingerprint density at radius 3 is 1.85 bits per heavy atom. The number of nitrogens with zero attached hydrogens (tertiary/aromatic N) is 1. The van der Waals surface area contributed by atoms with Crippen molar-refractivity contribution in [2.24, 2.45) is 0 Å². The zero-order valence-electron chi connectivity index (χ0n) is 11.8. The quantitative estimate of drug-likeness (QED) is 0.585. The van der Waals surface area contributed by atoms with Gasteiger partial charge in [0.2, 0.25) is 0 Å². The first-order valence-corrected chi connectivity index (χ1v) is 7.98. The number of benzene rings is 1. The normalized spacial score (nSPS) is 13.2. The van der Waals surface area contributed by atoms with Crippen molar-refractivity contribution in [2.45, 2.75) is 12.8 Å². The average Bonchev–Trinajstić information content (AvgIpc) is 3.24. The summed E-state index contributed by atoms with van der Waals surface area (Å²) in [6.45, 7) is 0. The summed E-state index contributed by atoms with van der Waals surface area (Å²) in [7, 11) is 2.06. The Morgan fingerprint density at radius 1 is 1.00 bits per heavy atom. The molecule has 0 spiro atoms. The maximum absolute atomic E-state index is 2.99. The molecule has 0 saturated heterocycles. The van der Waals surface area contributed by atoms with Gasteiger partial charge in [-0.2, -0.15) is 12.2 Å². The number of rotatable bonds is 2. The second-order valence-corrected chi connectivity index (χ2v) is 4.72. The van der Waals surface area contributed by atoms with Gasteiger partial charge in [-0.15, -0.1) is 12.8 Å². The van der Waals surface area contributed by atoms with E-state index in [0.717, 1.165) is 12.8 Å². The van der Waals surface area contributed by atoms with Gasteiger partial charge < -0.3 is 0 Å². The van der Waals surface area contributed by atoms with E-state index in [4.69, 9.17) is 0 Å². The molecule has 0 bridgehead atoms. The summed E-state index contributed by atoms with van der Waals surface area (Å²) in [5.74, 6) is 0. The second-order valence-electron chi connectivity index (χ2n) is 4.08. The van der Waals surface area contributed by atoms with E-state index in [1.807, 2.05) is 42.5 Å². The third-order valence-electron chi connectivity index (χ3n) is 2.53. The van der Waals surface area contributed by atoms with Crippen molar-refractivity contribution in [3.63, 3.8) is 0 Å². The fourth-order valence-electron chi connectivity index (χ4n) is 1.42. The number of anilines is 1. The van der Waals surface area contributed by atoms with Crippen molar-refractivity contribution in [3.05, 3.63) is 78.9 Å². The molecule has 98 valence electrons. The minimum atomic E-state index is 1.01. The van der Waals surface area contributed by atoms with Gasteiger partial charge in [0, 0.05) is 0 Å². The van der Waals surface area contributed by atoms with Crippen LogP contribution in [0, 0.1) is 12.2 Å². The summed E-state index contributed by atoms with van der Waals surface area (Å²) in [5, 5.41) is 0. The molecule has 0 N–H and O–H groups in total. The predicted molar refractivity (Wildman–Crippen MR) is 83.7 cm³/mol. The minimum absolute atomic E-state index is 1.01. The third-order valence-corrected chi connectivity index (χ3v) is 3.48. The van der Waals surface area contributed by atoms with E-state index in [0.29, 0.717) is 0 Å². The van der Waals surface area contributed by atoms with Crippen LogP contribution >= 0.6 is 0 Å². The van der Waals surface area contributed by atoms with Crippen LogP contribution < -0.4 is 4.81 Å². The number of hydrogen-bond acceptors (Lipinski definition) is 1. The monoisotopic (exact) mass is 337 g/mol. The SMILES string of the molecule is CN([B]=[Zr+2])c1ccccc1.[C-]1=CC=CC1.[C-]1=CC=CC1. The molecule has 0 unspecified atom stereocenters. The molecule has 1 aromatic rings. The second kappa shape index (κ2) is 11.7. The zero-order chi connectivity index (χ0) is 14.5. The molecular formula is C17H18BNZr. The number of hydrogen-bond donors (Lipinski definition) is 0. The van der Waals surface area contributed by atoms with Crippen LogP contribution in [0.5, 0.6) is 0 Å². The first kappa shape index (κ1) is 17.0. The molecule has 2 aliphatic rings. The summed E-state index contributed by atoms with van der Waals surface area (Å²) in [6.07, 6.45) is 20.0. The number of para-hydroxylation sites is 1. The van der Waals surface area contributed by atoms with Gasteiger partial charge in [0.05, 0.1) is 0 Å². The van der Waals surface area contributed by atoms with Crippen molar-refractivity contribution in [3.8, 4) is 0 Å². The standard InChI is InChI=1S/C7H8BN.2C5H5.Zr/c1-9(8)7-5-3-2-4-6-7;2*1-2-4-5-3-1;/h2-6H,1H3;2*1-3H,4H2;/q;2*-1;+2. The Bertz CT molecular complexity index is 447. The molecule has 3 heteroatoms. The molecule has 0 heterocycles. The molecule has 1 aromatic carbocycles. The summed E-state index contributed by atoms with van der Waals surface area (Å²) in [6, 6.07) is 10.3. The van der Waals surface area contributed by atoms with Gasteiger partial charge in [-0.05, 0) is 0 Å². The molecule has 0 atom stereocenters. The topological polar surface area (TPSA) is 3.24 Å². The molecule has 0 amide bonds. The summed E-state index contributed by atoms with van der Waals surface area (Å²) < 4.78 is 2.13. The maximum atomic E-state index is 2.99. The van der Waals surface area contributed by atoms with Crippen molar-refractivity contribution >= 4 is 10.2 Å². The molecule has 0 fully saturated rings. The maximum Gasteiger partial charge on any atom is -0.109 e. The van der Waals surface area contributed by atoms with E-state index in [9.17, 15) is 0 Å². The van der Waals surface area contributed by atoms with Crippen molar-refractivity contribution in [1.29, 1.82) is 0 Å². The van der Waals surface area contributed by atoms with Gasteiger partial charge in [-0.25, -0.2) is 24.3 Å². The fourth-order valence-corrected chi connectivity index (χ4v) is 1.78. The summed E-state index contributed by atoms with van der Waals surface area (Å²) in [5.41, 5.74) is 1.25. The van der Waals surface area contributed by atoms with E-state index >= 15 is 0 Å². The summed E-state index contributed by atoms with van der Waals surface area (Å²) in [4.78, 5) is 2.12. The van der Waals surface area contributed by atoms with Crippen LogP contribution in [0.1, 0.15) is 12.8 Å². The Morgan fingerprint density at radius 2 is 1.55 bits per heavy atom. The Hall–Kier alpha value is -1.07. The Labute approximate surface area is 137 Å². The van der Waals surface area contributed by atoms with E-state index in [2.05, 4.69) is 52.8 Å². The van der Waals surface area contributed by atoms with Crippen LogP contribution in [0.15, 0.2) is 66.8 Å². The van der Waals surface area contributed by atoms with Gasteiger partial charge in [0.25, 0.3) is 0 Å². The molecule has 2 aliphatic carbocycles. The minimum Gasteiger partial charge on any atom is -0.273 e. The Kier molecular flexibility index (Phi) is 9.96. The summed E-state index contributed by atoms with van der Waals surface area (Å²) >= 11 is 1.43. The van der Waals surface area contributed by atoms with Crippen LogP contribution in [0.3, 0.4) is 0 Å².